The molecule has 1 atom stereocenters. The monoisotopic (exact) mass is 433 g/mol. The first-order chi connectivity index (χ1) is 12.7. The summed E-state index contributed by atoms with van der Waals surface area (Å²) in [6.45, 7) is 10.7. The third-order valence-corrected chi connectivity index (χ3v) is 11.3. The normalized spacial score (nSPS) is 20.0. The van der Waals surface area contributed by atoms with E-state index in [1.807, 2.05) is 0 Å². The number of thiophene rings is 1. The number of carboxylic acid groups (broad SMARTS) is 1. The lowest BCUT2D eigenvalue weighted by Crippen LogP contribution is -2.45. The van der Waals surface area contributed by atoms with Crippen molar-refractivity contribution in [3.05, 3.63) is 21.9 Å². The Morgan fingerprint density at radius 3 is 2.57 bits per heavy atom. The number of halogens is 2. The molecule has 1 aromatic heterocycles. The molecule has 1 aromatic rings. The molecule has 2 rings (SSSR count). The smallest absolute Gasteiger partial charge is 0.345 e. The fourth-order valence-electron chi connectivity index (χ4n) is 2.87. The molecule has 1 fully saturated rings. The number of carbonyl (C=O) groups excluding carboxylic acids is 1. The van der Waals surface area contributed by atoms with Crippen LogP contribution in [0.1, 0.15) is 48.2 Å². The minimum atomic E-state index is -3.35. The van der Waals surface area contributed by atoms with Crippen molar-refractivity contribution in [3.63, 3.8) is 0 Å². The Hall–Kier alpha value is -1.32. The third kappa shape index (κ3) is 5.18. The molecule has 5 nitrogen and oxygen atoms in total. The topological polar surface area (TPSA) is 66.8 Å². The number of alkyl halides is 2. The van der Waals surface area contributed by atoms with E-state index >= 15 is 0 Å². The summed E-state index contributed by atoms with van der Waals surface area (Å²) in [5, 5.41) is 8.93. The molecule has 0 saturated carbocycles. The average molecular weight is 434 g/mol. The molecular weight excluding hydrogens is 404 g/mol. The highest BCUT2D eigenvalue weighted by atomic mass is 32.1. The quantitative estimate of drug-likeness (QED) is 0.607. The number of aryl methyl sites for hydroxylation is 1. The number of hydrogen-bond acceptors (Lipinski definition) is 4. The maximum absolute atomic E-state index is 14.0. The first-order valence-corrected chi connectivity index (χ1v) is 13.1. The summed E-state index contributed by atoms with van der Waals surface area (Å²) in [7, 11) is -2.10. The van der Waals surface area contributed by atoms with Crippen LogP contribution in [0.4, 0.5) is 8.78 Å². The summed E-state index contributed by atoms with van der Waals surface area (Å²) in [4.78, 5) is 25.5. The molecule has 1 aliphatic heterocycles. The zero-order chi connectivity index (χ0) is 21.3. The minimum Gasteiger partial charge on any atom is -0.477 e. The molecule has 1 aliphatic rings. The number of likely N-dealkylation sites (tertiary alicyclic amines) is 1. The van der Waals surface area contributed by atoms with Crippen LogP contribution in [-0.4, -0.2) is 55.3 Å². The summed E-state index contributed by atoms with van der Waals surface area (Å²) in [6.07, 6.45) is 0.531. The van der Waals surface area contributed by atoms with Gasteiger partial charge in [0.1, 0.15) is 4.88 Å². The number of hydrogen-bond donors (Lipinski definition) is 1. The number of carboxylic acids is 1. The highest BCUT2D eigenvalue weighted by Crippen LogP contribution is 2.39. The van der Waals surface area contributed by atoms with E-state index in [0.717, 1.165) is 4.88 Å². The van der Waals surface area contributed by atoms with Crippen molar-refractivity contribution in [2.75, 3.05) is 13.2 Å². The number of amides is 1. The second-order valence-corrected chi connectivity index (χ2v) is 14.8. The van der Waals surface area contributed by atoms with Gasteiger partial charge in [0.2, 0.25) is 0 Å². The summed E-state index contributed by atoms with van der Waals surface area (Å²) in [6, 6.07) is 2.63. The van der Waals surface area contributed by atoms with Gasteiger partial charge < -0.3 is 14.4 Å². The lowest BCUT2D eigenvalue weighted by molar-refractivity contribution is -0.148. The maximum atomic E-state index is 14.0. The van der Waals surface area contributed by atoms with Gasteiger partial charge in [-0.05, 0) is 43.1 Å². The van der Waals surface area contributed by atoms with E-state index < -0.39 is 38.6 Å². The highest BCUT2D eigenvalue weighted by Gasteiger charge is 2.53. The SMILES string of the molecule is CC(C)(C)[Si](C)(C)OC[C@H]1CC(F)(F)C(=O)N1CCCc1ccc(C(=O)O)s1. The minimum absolute atomic E-state index is 0.0377. The van der Waals surface area contributed by atoms with Crippen molar-refractivity contribution in [1.82, 2.24) is 4.90 Å². The van der Waals surface area contributed by atoms with E-state index in [2.05, 4.69) is 33.9 Å². The lowest BCUT2D eigenvalue weighted by Gasteiger charge is -2.37. The largest absolute Gasteiger partial charge is 0.477 e. The molecule has 28 heavy (non-hydrogen) atoms. The molecule has 9 heteroatoms. The molecule has 1 N–H and O–H groups in total. The fourth-order valence-corrected chi connectivity index (χ4v) is 4.80. The predicted molar refractivity (Wildman–Crippen MR) is 108 cm³/mol. The van der Waals surface area contributed by atoms with Gasteiger partial charge in [-0.15, -0.1) is 11.3 Å². The van der Waals surface area contributed by atoms with Crippen LogP contribution in [0.15, 0.2) is 12.1 Å². The van der Waals surface area contributed by atoms with Crippen LogP contribution in [-0.2, 0) is 15.6 Å². The van der Waals surface area contributed by atoms with Crippen molar-refractivity contribution in [3.8, 4) is 0 Å². The number of nitrogens with zero attached hydrogens (tertiary/aromatic N) is 1. The molecule has 0 aliphatic carbocycles. The second kappa shape index (κ2) is 8.20. The van der Waals surface area contributed by atoms with Crippen LogP contribution < -0.4 is 0 Å². The fraction of sp³-hybridized carbons (Fsp3) is 0.684. The first-order valence-electron chi connectivity index (χ1n) is 9.39. The molecule has 0 aromatic carbocycles. The van der Waals surface area contributed by atoms with Crippen molar-refractivity contribution >= 4 is 31.5 Å². The Bertz CT molecular complexity index is 730. The lowest BCUT2D eigenvalue weighted by atomic mass is 10.2. The van der Waals surface area contributed by atoms with Crippen LogP contribution in [0.3, 0.4) is 0 Å². The molecule has 158 valence electrons. The van der Waals surface area contributed by atoms with Gasteiger partial charge in [-0.25, -0.2) is 4.79 Å². The molecule has 0 bridgehead atoms. The van der Waals surface area contributed by atoms with Gasteiger partial charge in [-0.2, -0.15) is 8.78 Å². The Morgan fingerprint density at radius 1 is 1.39 bits per heavy atom. The van der Waals surface area contributed by atoms with Gasteiger partial charge in [-0.3, -0.25) is 4.79 Å². The van der Waals surface area contributed by atoms with Gasteiger partial charge in [-0.1, -0.05) is 20.8 Å². The average Bonchev–Trinajstić information content (AvgIpc) is 3.10. The zero-order valence-electron chi connectivity index (χ0n) is 17.1. The van der Waals surface area contributed by atoms with Crippen molar-refractivity contribution in [2.45, 2.75) is 70.1 Å². The molecule has 2 heterocycles. The molecule has 0 radical (unpaired) electrons. The first kappa shape index (κ1) is 23.0. The zero-order valence-corrected chi connectivity index (χ0v) is 18.9. The Morgan fingerprint density at radius 2 is 2.04 bits per heavy atom. The summed E-state index contributed by atoms with van der Waals surface area (Å²) < 4.78 is 34.2. The Balaban J connectivity index is 1.98. The summed E-state index contributed by atoms with van der Waals surface area (Å²) in [5.74, 6) is -5.46. The Kier molecular flexibility index (Phi) is 6.72. The summed E-state index contributed by atoms with van der Waals surface area (Å²) >= 11 is 1.17. The van der Waals surface area contributed by atoms with E-state index in [4.69, 9.17) is 9.53 Å². The Labute approximate surface area is 169 Å². The van der Waals surface area contributed by atoms with Gasteiger partial charge in [0, 0.05) is 17.8 Å². The maximum Gasteiger partial charge on any atom is 0.345 e. The number of carbonyl (C=O) groups is 2. The van der Waals surface area contributed by atoms with Crippen molar-refractivity contribution in [1.29, 1.82) is 0 Å². The van der Waals surface area contributed by atoms with Crippen LogP contribution in [0, 0.1) is 0 Å². The van der Waals surface area contributed by atoms with Gasteiger partial charge >= 0.3 is 11.9 Å². The highest BCUT2D eigenvalue weighted by molar-refractivity contribution is 7.13. The van der Waals surface area contributed by atoms with Gasteiger partial charge in [0.05, 0.1) is 12.6 Å². The number of rotatable bonds is 8. The van der Waals surface area contributed by atoms with E-state index in [1.165, 1.54) is 22.3 Å². The van der Waals surface area contributed by atoms with Gasteiger partial charge in [0.15, 0.2) is 8.32 Å². The standard InChI is InChI=1S/C19H29F2NO4SSi/c1-18(2,3)28(4,5)26-12-13-11-19(20,21)17(25)22(13)10-6-7-14-8-9-15(27-14)16(23)24/h8-9,13H,6-7,10-12H2,1-5H3,(H,23,24)/t13-/m1/s1. The second-order valence-electron chi connectivity index (χ2n) is 8.81. The van der Waals surface area contributed by atoms with Crippen LogP contribution in [0.5, 0.6) is 0 Å². The molecule has 1 saturated heterocycles. The number of aromatic carboxylic acids is 1. The van der Waals surface area contributed by atoms with Crippen LogP contribution in [0.2, 0.25) is 18.1 Å². The van der Waals surface area contributed by atoms with Gasteiger partial charge in [0.25, 0.3) is 5.91 Å². The van der Waals surface area contributed by atoms with E-state index in [-0.39, 0.29) is 23.1 Å². The summed E-state index contributed by atoms with van der Waals surface area (Å²) in [5.41, 5.74) is 0. The molecular formula is C19H29F2NO4SSi. The van der Waals surface area contributed by atoms with E-state index in [9.17, 15) is 18.4 Å². The van der Waals surface area contributed by atoms with E-state index in [0.29, 0.717) is 12.8 Å². The molecule has 0 unspecified atom stereocenters. The third-order valence-electron chi connectivity index (χ3n) is 5.64. The van der Waals surface area contributed by atoms with Crippen molar-refractivity contribution < 1.29 is 27.9 Å². The van der Waals surface area contributed by atoms with E-state index in [1.54, 1.807) is 6.07 Å². The van der Waals surface area contributed by atoms with Crippen LogP contribution >= 0.6 is 11.3 Å². The predicted octanol–water partition coefficient (Wildman–Crippen LogP) is 4.64. The molecule has 0 spiro atoms. The van der Waals surface area contributed by atoms with Crippen molar-refractivity contribution in [2.24, 2.45) is 0 Å². The van der Waals surface area contributed by atoms with Crippen LogP contribution in [0.25, 0.3) is 0 Å². The molecule has 1 amide bonds.